The van der Waals surface area contributed by atoms with E-state index in [1.807, 2.05) is 12.1 Å². The summed E-state index contributed by atoms with van der Waals surface area (Å²) in [7, 11) is 0. The summed E-state index contributed by atoms with van der Waals surface area (Å²) in [5.41, 5.74) is 1.23. The van der Waals surface area contributed by atoms with Gasteiger partial charge in [-0.2, -0.15) is 0 Å². The number of hydrogen-bond acceptors (Lipinski definition) is 1. The maximum atomic E-state index is 5.70. The van der Waals surface area contributed by atoms with E-state index in [0.717, 1.165) is 18.6 Å². The van der Waals surface area contributed by atoms with Crippen molar-refractivity contribution in [1.82, 2.24) is 0 Å². The molecule has 1 atom stereocenters. The number of ether oxygens (including phenoxy) is 1. The Morgan fingerprint density at radius 3 is 2.40 bits per heavy atom. The minimum atomic E-state index is 0.294. The van der Waals surface area contributed by atoms with Gasteiger partial charge < -0.3 is 4.74 Å². The third-order valence-corrected chi connectivity index (χ3v) is 2.34. The van der Waals surface area contributed by atoms with Crippen LogP contribution in [0.1, 0.15) is 39.2 Å². The number of rotatable bonds is 5. The molecule has 1 nitrogen and oxygen atoms in total. The lowest BCUT2D eigenvalue weighted by molar-refractivity contribution is 0.217. The van der Waals surface area contributed by atoms with E-state index in [-0.39, 0.29) is 0 Å². The molecule has 0 aliphatic rings. The first kappa shape index (κ1) is 11.8. The van der Waals surface area contributed by atoms with Crippen molar-refractivity contribution in [2.75, 3.05) is 0 Å². The van der Waals surface area contributed by atoms with Gasteiger partial charge in [0.1, 0.15) is 5.75 Å². The van der Waals surface area contributed by atoms with E-state index in [1.165, 1.54) is 5.56 Å². The van der Waals surface area contributed by atoms with E-state index in [0.29, 0.717) is 6.10 Å². The van der Waals surface area contributed by atoms with Gasteiger partial charge in [-0.25, -0.2) is 0 Å². The Hall–Kier alpha value is -1.24. The van der Waals surface area contributed by atoms with Crippen LogP contribution in [0, 0.1) is 0 Å². The van der Waals surface area contributed by atoms with Gasteiger partial charge in [0, 0.05) is 0 Å². The van der Waals surface area contributed by atoms with Crippen LogP contribution in [0.4, 0.5) is 0 Å². The average molecular weight is 204 g/mol. The third kappa shape index (κ3) is 4.20. The maximum Gasteiger partial charge on any atom is 0.119 e. The van der Waals surface area contributed by atoms with Crippen molar-refractivity contribution < 1.29 is 4.74 Å². The smallest absolute Gasteiger partial charge is 0.119 e. The first-order valence-electron chi connectivity index (χ1n) is 5.69. The summed E-state index contributed by atoms with van der Waals surface area (Å²) in [6.07, 6.45) is 6.70. The van der Waals surface area contributed by atoms with Crippen LogP contribution in [-0.4, -0.2) is 6.10 Å². The monoisotopic (exact) mass is 204 g/mol. The second-order valence-electron chi connectivity index (χ2n) is 3.72. The zero-order valence-corrected chi connectivity index (χ0v) is 9.86. The summed E-state index contributed by atoms with van der Waals surface area (Å²) in [6.45, 7) is 6.35. The summed E-state index contributed by atoms with van der Waals surface area (Å²) < 4.78 is 5.70. The zero-order valence-electron chi connectivity index (χ0n) is 9.86. The minimum Gasteiger partial charge on any atom is -0.491 e. The number of hydrogen-bond donors (Lipinski definition) is 0. The molecule has 0 amide bonds. The maximum absolute atomic E-state index is 5.70. The lowest BCUT2D eigenvalue weighted by Gasteiger charge is -2.12. The van der Waals surface area contributed by atoms with Crippen LogP contribution >= 0.6 is 0 Å². The molecule has 0 aromatic heterocycles. The van der Waals surface area contributed by atoms with Crippen LogP contribution in [0.3, 0.4) is 0 Å². The quantitative estimate of drug-likeness (QED) is 0.695. The fraction of sp³-hybridized carbons (Fsp3) is 0.429. The second kappa shape index (κ2) is 6.28. The molecule has 0 saturated heterocycles. The Morgan fingerprint density at radius 1 is 1.20 bits per heavy atom. The first-order chi connectivity index (χ1) is 7.26. The molecule has 0 fully saturated rings. The standard InChI is InChI=1S/C14H20O/c1-4-6-7-13-8-10-14(11-9-13)15-12(3)5-2/h6-12H,4-5H2,1-3H3. The minimum absolute atomic E-state index is 0.294. The van der Waals surface area contributed by atoms with E-state index in [4.69, 9.17) is 4.74 Å². The van der Waals surface area contributed by atoms with Gasteiger partial charge in [-0.1, -0.05) is 38.1 Å². The van der Waals surface area contributed by atoms with Crippen LogP contribution in [0.2, 0.25) is 0 Å². The molecule has 0 aliphatic carbocycles. The molecular formula is C14H20O. The van der Waals surface area contributed by atoms with E-state index in [1.54, 1.807) is 0 Å². The molecule has 1 unspecified atom stereocenters. The summed E-state index contributed by atoms with van der Waals surface area (Å²) in [4.78, 5) is 0. The van der Waals surface area contributed by atoms with E-state index in [9.17, 15) is 0 Å². The molecule has 0 N–H and O–H groups in total. The highest BCUT2D eigenvalue weighted by atomic mass is 16.5. The number of benzene rings is 1. The van der Waals surface area contributed by atoms with Crippen molar-refractivity contribution in [2.45, 2.75) is 39.7 Å². The molecule has 82 valence electrons. The van der Waals surface area contributed by atoms with Gasteiger partial charge in [0.25, 0.3) is 0 Å². The van der Waals surface area contributed by atoms with E-state index in [2.05, 4.69) is 45.1 Å². The molecular weight excluding hydrogens is 184 g/mol. The van der Waals surface area contributed by atoms with Gasteiger partial charge in [-0.3, -0.25) is 0 Å². The molecule has 1 aromatic carbocycles. The Bertz CT molecular complexity index is 298. The van der Waals surface area contributed by atoms with Gasteiger partial charge in [-0.15, -0.1) is 0 Å². The van der Waals surface area contributed by atoms with Gasteiger partial charge in [-0.05, 0) is 37.5 Å². The number of allylic oxidation sites excluding steroid dienone is 1. The van der Waals surface area contributed by atoms with Gasteiger partial charge in [0.05, 0.1) is 6.10 Å². The first-order valence-corrected chi connectivity index (χ1v) is 5.69. The summed E-state index contributed by atoms with van der Waals surface area (Å²) in [5.74, 6) is 0.956. The molecule has 0 saturated carbocycles. The largest absolute Gasteiger partial charge is 0.491 e. The van der Waals surface area contributed by atoms with Crippen LogP contribution < -0.4 is 4.74 Å². The molecule has 15 heavy (non-hydrogen) atoms. The van der Waals surface area contributed by atoms with E-state index >= 15 is 0 Å². The van der Waals surface area contributed by atoms with Crippen molar-refractivity contribution in [3.8, 4) is 5.75 Å². The van der Waals surface area contributed by atoms with E-state index < -0.39 is 0 Å². The topological polar surface area (TPSA) is 9.23 Å². The summed E-state index contributed by atoms with van der Waals surface area (Å²) in [5, 5.41) is 0. The fourth-order valence-electron chi connectivity index (χ4n) is 1.23. The lowest BCUT2D eigenvalue weighted by atomic mass is 10.2. The zero-order chi connectivity index (χ0) is 11.1. The van der Waals surface area contributed by atoms with Crippen molar-refractivity contribution in [2.24, 2.45) is 0 Å². The summed E-state index contributed by atoms with van der Waals surface area (Å²) in [6, 6.07) is 8.23. The molecule has 0 bridgehead atoms. The Morgan fingerprint density at radius 2 is 1.87 bits per heavy atom. The SMILES string of the molecule is CCC=Cc1ccc(OC(C)CC)cc1. The molecule has 1 heteroatoms. The summed E-state index contributed by atoms with van der Waals surface area (Å²) >= 11 is 0. The van der Waals surface area contributed by atoms with Crippen molar-refractivity contribution in [3.05, 3.63) is 35.9 Å². The van der Waals surface area contributed by atoms with Gasteiger partial charge >= 0.3 is 0 Å². The van der Waals surface area contributed by atoms with Crippen molar-refractivity contribution in [1.29, 1.82) is 0 Å². The van der Waals surface area contributed by atoms with Gasteiger partial charge in [0.2, 0.25) is 0 Å². The molecule has 0 spiro atoms. The fourth-order valence-corrected chi connectivity index (χ4v) is 1.23. The molecule has 1 aromatic rings. The van der Waals surface area contributed by atoms with Crippen LogP contribution in [0.25, 0.3) is 6.08 Å². The average Bonchev–Trinajstić information content (AvgIpc) is 2.28. The predicted molar refractivity (Wildman–Crippen MR) is 66.1 cm³/mol. The van der Waals surface area contributed by atoms with Crippen molar-refractivity contribution in [3.63, 3.8) is 0 Å². The highest BCUT2D eigenvalue weighted by molar-refractivity contribution is 5.50. The van der Waals surface area contributed by atoms with Crippen LogP contribution in [0.5, 0.6) is 5.75 Å². The highest BCUT2D eigenvalue weighted by Crippen LogP contribution is 2.15. The Labute approximate surface area is 92.8 Å². The lowest BCUT2D eigenvalue weighted by Crippen LogP contribution is -2.09. The van der Waals surface area contributed by atoms with Crippen molar-refractivity contribution >= 4 is 6.08 Å². The van der Waals surface area contributed by atoms with Crippen LogP contribution in [-0.2, 0) is 0 Å². The Balaban J connectivity index is 2.60. The molecule has 0 heterocycles. The molecule has 0 aliphatic heterocycles. The molecule has 1 rings (SSSR count). The predicted octanol–water partition coefficient (Wildman–Crippen LogP) is 4.29. The van der Waals surface area contributed by atoms with Gasteiger partial charge in [0.15, 0.2) is 0 Å². The third-order valence-electron chi connectivity index (χ3n) is 2.34. The van der Waals surface area contributed by atoms with Crippen LogP contribution in [0.15, 0.2) is 30.3 Å². The highest BCUT2D eigenvalue weighted by Gasteiger charge is 1.99. The normalized spacial score (nSPS) is 13.0. The second-order valence-corrected chi connectivity index (χ2v) is 3.72. The molecule has 0 radical (unpaired) electrons. The Kier molecular flexibility index (Phi) is 4.96.